The average Bonchev–Trinajstić information content (AvgIpc) is 3.04. The summed E-state index contributed by atoms with van der Waals surface area (Å²) in [6.45, 7) is 5.73. The van der Waals surface area contributed by atoms with Crippen molar-refractivity contribution in [3.63, 3.8) is 0 Å². The second-order valence-corrected chi connectivity index (χ2v) is 6.25. The number of methoxy groups -OCH3 is 4. The van der Waals surface area contributed by atoms with E-state index in [2.05, 4.69) is 6.58 Å². The zero-order valence-corrected chi connectivity index (χ0v) is 16.7. The number of phenols is 1. The molecule has 6 heteroatoms. The lowest BCUT2D eigenvalue weighted by molar-refractivity contribution is 0.324. The Labute approximate surface area is 163 Å². The van der Waals surface area contributed by atoms with E-state index in [4.69, 9.17) is 23.4 Å². The molecule has 2 aromatic carbocycles. The fourth-order valence-electron chi connectivity index (χ4n) is 3.36. The van der Waals surface area contributed by atoms with Crippen LogP contribution in [-0.2, 0) is 6.42 Å². The van der Waals surface area contributed by atoms with Gasteiger partial charge in [-0.2, -0.15) is 0 Å². The van der Waals surface area contributed by atoms with Crippen molar-refractivity contribution in [3.8, 4) is 40.1 Å². The van der Waals surface area contributed by atoms with E-state index in [0.717, 1.165) is 16.5 Å². The lowest BCUT2D eigenvalue weighted by atomic mass is 10.0. The van der Waals surface area contributed by atoms with Crippen LogP contribution < -0.4 is 18.9 Å². The van der Waals surface area contributed by atoms with Gasteiger partial charge in [0.25, 0.3) is 0 Å². The number of benzene rings is 2. The fraction of sp³-hybridized carbons (Fsp3) is 0.273. The van der Waals surface area contributed by atoms with E-state index in [9.17, 15) is 5.11 Å². The Morgan fingerprint density at radius 3 is 2.07 bits per heavy atom. The van der Waals surface area contributed by atoms with Crippen molar-refractivity contribution in [3.05, 3.63) is 42.0 Å². The van der Waals surface area contributed by atoms with Crippen molar-refractivity contribution >= 4 is 11.0 Å². The third kappa shape index (κ3) is 3.01. The van der Waals surface area contributed by atoms with Gasteiger partial charge in [0.1, 0.15) is 11.3 Å². The molecule has 0 aliphatic heterocycles. The molecule has 0 atom stereocenters. The Hall–Kier alpha value is -3.28. The molecular weight excluding hydrogens is 360 g/mol. The molecule has 0 aliphatic rings. The highest BCUT2D eigenvalue weighted by molar-refractivity contribution is 5.93. The summed E-state index contributed by atoms with van der Waals surface area (Å²) in [5.41, 5.74) is 2.91. The summed E-state index contributed by atoms with van der Waals surface area (Å²) >= 11 is 0. The third-order valence-electron chi connectivity index (χ3n) is 4.76. The number of furan rings is 1. The summed E-state index contributed by atoms with van der Waals surface area (Å²) < 4.78 is 27.8. The summed E-state index contributed by atoms with van der Waals surface area (Å²) in [7, 11) is 6.21. The Kier molecular flexibility index (Phi) is 5.40. The van der Waals surface area contributed by atoms with Crippen LogP contribution in [0.1, 0.15) is 11.1 Å². The van der Waals surface area contributed by atoms with Crippen LogP contribution in [0.5, 0.6) is 28.7 Å². The van der Waals surface area contributed by atoms with Crippen molar-refractivity contribution in [2.24, 2.45) is 0 Å². The highest BCUT2D eigenvalue weighted by Crippen LogP contribution is 2.46. The average molecular weight is 384 g/mol. The van der Waals surface area contributed by atoms with Crippen LogP contribution in [0.3, 0.4) is 0 Å². The van der Waals surface area contributed by atoms with E-state index < -0.39 is 0 Å². The molecule has 0 spiro atoms. The zero-order valence-electron chi connectivity index (χ0n) is 16.7. The Morgan fingerprint density at radius 2 is 1.57 bits per heavy atom. The number of fused-ring (bicyclic) bond motifs is 1. The van der Waals surface area contributed by atoms with E-state index in [-0.39, 0.29) is 5.75 Å². The molecule has 0 radical (unpaired) electrons. The molecule has 148 valence electrons. The number of aryl methyl sites for hydroxylation is 1. The normalized spacial score (nSPS) is 10.8. The Morgan fingerprint density at radius 1 is 0.964 bits per heavy atom. The topological polar surface area (TPSA) is 70.3 Å². The highest BCUT2D eigenvalue weighted by Gasteiger charge is 2.23. The first-order chi connectivity index (χ1) is 13.5. The summed E-state index contributed by atoms with van der Waals surface area (Å²) in [5, 5.41) is 11.4. The molecule has 0 bridgehead atoms. The Balaban J connectivity index is 2.32. The van der Waals surface area contributed by atoms with Crippen LogP contribution in [0.2, 0.25) is 0 Å². The van der Waals surface area contributed by atoms with Crippen LogP contribution in [0.4, 0.5) is 0 Å². The van der Waals surface area contributed by atoms with Crippen molar-refractivity contribution < 1.29 is 28.5 Å². The molecule has 0 aliphatic carbocycles. The van der Waals surface area contributed by atoms with Crippen LogP contribution >= 0.6 is 0 Å². The first-order valence-corrected chi connectivity index (χ1v) is 8.73. The minimum atomic E-state index is 0.0556. The molecule has 3 aromatic rings. The number of aromatic hydroxyl groups is 1. The van der Waals surface area contributed by atoms with Crippen molar-refractivity contribution in [1.82, 2.24) is 0 Å². The maximum absolute atomic E-state index is 10.5. The van der Waals surface area contributed by atoms with Gasteiger partial charge >= 0.3 is 0 Å². The molecule has 0 fully saturated rings. The summed E-state index contributed by atoms with van der Waals surface area (Å²) in [6, 6.07) is 5.43. The van der Waals surface area contributed by atoms with E-state index >= 15 is 0 Å². The summed E-state index contributed by atoms with van der Waals surface area (Å²) in [4.78, 5) is 0. The van der Waals surface area contributed by atoms with E-state index in [1.165, 1.54) is 7.11 Å². The summed E-state index contributed by atoms with van der Waals surface area (Å²) in [5.74, 6) is 2.66. The summed E-state index contributed by atoms with van der Waals surface area (Å²) in [6.07, 6.45) is 2.16. The largest absolute Gasteiger partial charge is 0.504 e. The van der Waals surface area contributed by atoms with Crippen molar-refractivity contribution in [2.75, 3.05) is 28.4 Å². The van der Waals surface area contributed by atoms with Gasteiger partial charge in [-0.15, -0.1) is 6.58 Å². The minimum Gasteiger partial charge on any atom is -0.504 e. The van der Waals surface area contributed by atoms with Gasteiger partial charge in [0.15, 0.2) is 23.0 Å². The molecule has 6 nitrogen and oxygen atoms in total. The molecule has 1 aromatic heterocycles. The molecule has 0 saturated carbocycles. The maximum Gasteiger partial charge on any atom is 0.203 e. The molecular formula is C22H24O6. The second-order valence-electron chi connectivity index (χ2n) is 6.25. The monoisotopic (exact) mass is 384 g/mol. The minimum absolute atomic E-state index is 0.0556. The SMILES string of the molecule is C=CCc1c(O)c(OC)cc2c(C)c(-c3cc(OC)c(OC)c(OC)c3)oc12. The molecule has 1 N–H and O–H groups in total. The van der Waals surface area contributed by atoms with Gasteiger partial charge in [0.05, 0.1) is 28.4 Å². The molecule has 0 saturated heterocycles. The quantitative estimate of drug-likeness (QED) is 0.586. The zero-order chi connectivity index (χ0) is 20.4. The van der Waals surface area contributed by atoms with Gasteiger partial charge in [0.2, 0.25) is 5.75 Å². The number of rotatable bonds is 7. The predicted octanol–water partition coefficient (Wildman–Crippen LogP) is 4.88. The van der Waals surface area contributed by atoms with Crippen LogP contribution in [0.25, 0.3) is 22.3 Å². The number of hydrogen-bond donors (Lipinski definition) is 1. The first-order valence-electron chi connectivity index (χ1n) is 8.73. The van der Waals surface area contributed by atoms with Gasteiger partial charge in [0, 0.05) is 22.1 Å². The molecule has 1 heterocycles. The van der Waals surface area contributed by atoms with E-state index in [0.29, 0.717) is 46.3 Å². The number of hydrogen-bond acceptors (Lipinski definition) is 6. The standard InChI is InChI=1S/C22H24O6/c1-7-8-14-19(23)16(24-3)11-15-12(2)20(28-21(14)15)13-9-17(25-4)22(27-6)18(10-13)26-5/h7,9-11,23H,1,8H2,2-6H3. The van der Waals surface area contributed by atoms with Crippen molar-refractivity contribution in [1.29, 1.82) is 0 Å². The van der Waals surface area contributed by atoms with E-state index in [1.54, 1.807) is 33.5 Å². The smallest absolute Gasteiger partial charge is 0.203 e. The van der Waals surface area contributed by atoms with Gasteiger partial charge in [-0.05, 0) is 31.5 Å². The van der Waals surface area contributed by atoms with Gasteiger partial charge in [-0.1, -0.05) is 6.08 Å². The molecule has 3 rings (SSSR count). The lowest BCUT2D eigenvalue weighted by Crippen LogP contribution is -1.95. The fourth-order valence-corrected chi connectivity index (χ4v) is 3.36. The number of ether oxygens (including phenoxy) is 4. The van der Waals surface area contributed by atoms with Gasteiger partial charge in [-0.25, -0.2) is 0 Å². The number of phenolic OH excluding ortho intramolecular Hbond substituents is 1. The van der Waals surface area contributed by atoms with Crippen LogP contribution in [0.15, 0.2) is 35.3 Å². The van der Waals surface area contributed by atoms with Crippen LogP contribution in [-0.4, -0.2) is 33.5 Å². The second kappa shape index (κ2) is 7.76. The molecule has 0 amide bonds. The Bertz CT molecular complexity index is 1010. The van der Waals surface area contributed by atoms with Crippen molar-refractivity contribution in [2.45, 2.75) is 13.3 Å². The highest BCUT2D eigenvalue weighted by atomic mass is 16.5. The molecule has 28 heavy (non-hydrogen) atoms. The molecule has 0 unspecified atom stereocenters. The number of allylic oxidation sites excluding steroid dienone is 1. The predicted molar refractivity (Wildman–Crippen MR) is 108 cm³/mol. The third-order valence-corrected chi connectivity index (χ3v) is 4.76. The van der Waals surface area contributed by atoms with Gasteiger partial charge < -0.3 is 28.5 Å². The lowest BCUT2D eigenvalue weighted by Gasteiger charge is -2.13. The first kappa shape index (κ1) is 19.5. The van der Waals surface area contributed by atoms with Crippen LogP contribution in [0, 0.1) is 6.92 Å². The van der Waals surface area contributed by atoms with E-state index in [1.807, 2.05) is 19.1 Å². The van der Waals surface area contributed by atoms with Gasteiger partial charge in [-0.3, -0.25) is 0 Å². The maximum atomic E-state index is 10.5.